The molecule has 0 aromatic rings. The summed E-state index contributed by atoms with van der Waals surface area (Å²) in [6.07, 6.45) is 13.8. The fourth-order valence-corrected chi connectivity index (χ4v) is 2.69. The van der Waals surface area contributed by atoms with Gasteiger partial charge in [0.1, 0.15) is 0 Å². The summed E-state index contributed by atoms with van der Waals surface area (Å²) in [5.41, 5.74) is 0. The molecule has 0 atom stereocenters. The Labute approximate surface area is 166 Å². The molecular formula is C22H42O5. The van der Waals surface area contributed by atoms with E-state index in [1.54, 1.807) is 0 Å². The minimum Gasteiger partial charge on any atom is -0.466 e. The van der Waals surface area contributed by atoms with Crippen molar-refractivity contribution in [2.24, 2.45) is 0 Å². The SMILES string of the molecule is CCCCCCCC(=O)OCCCOCCCOC(=O)CCCCCCC. The first-order chi connectivity index (χ1) is 13.2. The van der Waals surface area contributed by atoms with Crippen molar-refractivity contribution in [1.29, 1.82) is 0 Å². The highest BCUT2D eigenvalue weighted by Gasteiger charge is 2.03. The fraction of sp³-hybridized carbons (Fsp3) is 0.909. The van der Waals surface area contributed by atoms with E-state index in [4.69, 9.17) is 14.2 Å². The average molecular weight is 387 g/mol. The predicted octanol–water partition coefficient (Wildman–Crippen LogP) is 5.59. The molecule has 0 rings (SSSR count). The number of carbonyl (C=O) groups excluding carboxylic acids is 2. The first-order valence-electron chi connectivity index (χ1n) is 11.1. The summed E-state index contributed by atoms with van der Waals surface area (Å²) in [5, 5.41) is 0. The molecule has 0 aliphatic heterocycles. The van der Waals surface area contributed by atoms with Gasteiger partial charge in [-0.1, -0.05) is 65.2 Å². The highest BCUT2D eigenvalue weighted by Crippen LogP contribution is 2.06. The number of hydrogen-bond donors (Lipinski definition) is 0. The maximum Gasteiger partial charge on any atom is 0.305 e. The summed E-state index contributed by atoms with van der Waals surface area (Å²) >= 11 is 0. The van der Waals surface area contributed by atoms with E-state index in [1.165, 1.54) is 38.5 Å². The molecule has 0 saturated carbocycles. The van der Waals surface area contributed by atoms with Gasteiger partial charge in [-0.2, -0.15) is 0 Å². The molecule has 0 heterocycles. The zero-order valence-electron chi connectivity index (χ0n) is 17.8. The van der Waals surface area contributed by atoms with E-state index in [9.17, 15) is 9.59 Å². The Kier molecular flexibility index (Phi) is 20.3. The molecular weight excluding hydrogens is 344 g/mol. The molecule has 0 aliphatic carbocycles. The summed E-state index contributed by atoms with van der Waals surface area (Å²) in [6.45, 7) is 6.32. The van der Waals surface area contributed by atoms with Gasteiger partial charge in [-0.05, 0) is 12.8 Å². The number of ether oxygens (including phenoxy) is 3. The third-order valence-electron chi connectivity index (χ3n) is 4.36. The second-order valence-corrected chi connectivity index (χ2v) is 7.09. The Hall–Kier alpha value is -1.10. The van der Waals surface area contributed by atoms with Crippen LogP contribution in [-0.4, -0.2) is 38.4 Å². The third kappa shape index (κ3) is 21.1. The fourth-order valence-electron chi connectivity index (χ4n) is 2.69. The lowest BCUT2D eigenvalue weighted by molar-refractivity contribution is -0.144. The van der Waals surface area contributed by atoms with E-state index < -0.39 is 0 Å². The molecule has 0 N–H and O–H groups in total. The van der Waals surface area contributed by atoms with Crippen molar-refractivity contribution in [3.63, 3.8) is 0 Å². The van der Waals surface area contributed by atoms with Gasteiger partial charge >= 0.3 is 11.9 Å². The summed E-state index contributed by atoms with van der Waals surface area (Å²) in [6, 6.07) is 0. The van der Waals surface area contributed by atoms with Gasteiger partial charge in [0, 0.05) is 38.9 Å². The van der Waals surface area contributed by atoms with Crippen LogP contribution in [0.2, 0.25) is 0 Å². The number of esters is 2. The highest BCUT2D eigenvalue weighted by molar-refractivity contribution is 5.69. The second-order valence-electron chi connectivity index (χ2n) is 7.09. The molecule has 5 nitrogen and oxygen atoms in total. The van der Waals surface area contributed by atoms with Crippen LogP contribution >= 0.6 is 0 Å². The predicted molar refractivity (Wildman–Crippen MR) is 109 cm³/mol. The molecule has 0 amide bonds. The van der Waals surface area contributed by atoms with Crippen molar-refractivity contribution in [2.45, 2.75) is 104 Å². The molecule has 0 unspecified atom stereocenters. The maximum atomic E-state index is 11.5. The first kappa shape index (κ1) is 25.9. The summed E-state index contributed by atoms with van der Waals surface area (Å²) in [4.78, 5) is 23.1. The molecule has 0 radical (unpaired) electrons. The van der Waals surface area contributed by atoms with E-state index in [0.717, 1.165) is 25.7 Å². The lowest BCUT2D eigenvalue weighted by Crippen LogP contribution is -2.10. The van der Waals surface area contributed by atoms with Crippen LogP contribution in [0.25, 0.3) is 0 Å². The number of rotatable bonds is 20. The van der Waals surface area contributed by atoms with Crippen molar-refractivity contribution in [2.75, 3.05) is 26.4 Å². The van der Waals surface area contributed by atoms with E-state index >= 15 is 0 Å². The Morgan fingerprint density at radius 1 is 0.519 bits per heavy atom. The molecule has 160 valence electrons. The highest BCUT2D eigenvalue weighted by atomic mass is 16.5. The third-order valence-corrected chi connectivity index (χ3v) is 4.36. The summed E-state index contributed by atoms with van der Waals surface area (Å²) < 4.78 is 15.8. The van der Waals surface area contributed by atoms with Gasteiger partial charge in [-0.15, -0.1) is 0 Å². The lowest BCUT2D eigenvalue weighted by Gasteiger charge is -2.07. The van der Waals surface area contributed by atoms with Crippen molar-refractivity contribution < 1.29 is 23.8 Å². The Morgan fingerprint density at radius 2 is 0.926 bits per heavy atom. The molecule has 0 bridgehead atoms. The molecule has 0 spiro atoms. The topological polar surface area (TPSA) is 61.8 Å². The lowest BCUT2D eigenvalue weighted by atomic mass is 10.1. The van der Waals surface area contributed by atoms with Crippen LogP contribution in [0.3, 0.4) is 0 Å². The number of hydrogen-bond acceptors (Lipinski definition) is 5. The second kappa shape index (κ2) is 21.2. The minimum absolute atomic E-state index is 0.104. The van der Waals surface area contributed by atoms with Crippen LogP contribution < -0.4 is 0 Å². The minimum atomic E-state index is -0.104. The Balaban J connectivity index is 3.23. The molecule has 5 heteroatoms. The van der Waals surface area contributed by atoms with Gasteiger partial charge in [-0.3, -0.25) is 9.59 Å². The largest absolute Gasteiger partial charge is 0.466 e. The average Bonchev–Trinajstić information content (AvgIpc) is 2.66. The van der Waals surface area contributed by atoms with Crippen LogP contribution in [0, 0.1) is 0 Å². The van der Waals surface area contributed by atoms with Crippen LogP contribution in [0.5, 0.6) is 0 Å². The van der Waals surface area contributed by atoms with E-state index in [-0.39, 0.29) is 11.9 Å². The van der Waals surface area contributed by atoms with Crippen LogP contribution in [0.1, 0.15) is 104 Å². The molecule has 0 saturated heterocycles. The normalized spacial score (nSPS) is 10.7. The Bertz CT molecular complexity index is 312. The van der Waals surface area contributed by atoms with Crippen molar-refractivity contribution in [3.05, 3.63) is 0 Å². The van der Waals surface area contributed by atoms with Crippen LogP contribution in [0.4, 0.5) is 0 Å². The molecule has 0 aliphatic rings. The van der Waals surface area contributed by atoms with Gasteiger partial charge in [0.05, 0.1) is 13.2 Å². The molecule has 0 aromatic heterocycles. The van der Waals surface area contributed by atoms with Crippen molar-refractivity contribution in [1.82, 2.24) is 0 Å². The molecule has 0 aromatic carbocycles. The monoisotopic (exact) mass is 386 g/mol. The van der Waals surface area contributed by atoms with E-state index in [0.29, 0.717) is 52.1 Å². The molecule has 27 heavy (non-hydrogen) atoms. The van der Waals surface area contributed by atoms with Crippen LogP contribution in [-0.2, 0) is 23.8 Å². The zero-order valence-corrected chi connectivity index (χ0v) is 17.8. The van der Waals surface area contributed by atoms with Crippen molar-refractivity contribution in [3.8, 4) is 0 Å². The van der Waals surface area contributed by atoms with Gasteiger partial charge < -0.3 is 14.2 Å². The van der Waals surface area contributed by atoms with Gasteiger partial charge in [0.15, 0.2) is 0 Å². The maximum absolute atomic E-state index is 11.5. The quantitative estimate of drug-likeness (QED) is 0.202. The van der Waals surface area contributed by atoms with E-state index in [2.05, 4.69) is 13.8 Å². The van der Waals surface area contributed by atoms with E-state index in [1.807, 2.05) is 0 Å². The van der Waals surface area contributed by atoms with Gasteiger partial charge in [-0.25, -0.2) is 0 Å². The Morgan fingerprint density at radius 3 is 1.33 bits per heavy atom. The van der Waals surface area contributed by atoms with Crippen LogP contribution in [0.15, 0.2) is 0 Å². The number of carbonyl (C=O) groups is 2. The smallest absolute Gasteiger partial charge is 0.305 e. The van der Waals surface area contributed by atoms with Crippen molar-refractivity contribution >= 4 is 11.9 Å². The van der Waals surface area contributed by atoms with Gasteiger partial charge in [0.25, 0.3) is 0 Å². The summed E-state index contributed by atoms with van der Waals surface area (Å²) in [7, 11) is 0. The first-order valence-corrected chi connectivity index (χ1v) is 11.1. The molecule has 0 fully saturated rings. The standard InChI is InChI=1S/C22H42O5/c1-3-5-7-9-11-15-21(23)26-19-13-17-25-18-14-20-27-22(24)16-12-10-8-6-4-2/h3-20H2,1-2H3. The van der Waals surface area contributed by atoms with Gasteiger partial charge in [0.2, 0.25) is 0 Å². The summed E-state index contributed by atoms with van der Waals surface area (Å²) in [5.74, 6) is -0.207. The zero-order chi connectivity index (χ0) is 20.0. The number of unbranched alkanes of at least 4 members (excludes halogenated alkanes) is 8.